The van der Waals surface area contributed by atoms with E-state index in [0.29, 0.717) is 11.3 Å². The predicted molar refractivity (Wildman–Crippen MR) is 108 cm³/mol. The Hall–Kier alpha value is -2.15. The van der Waals surface area contributed by atoms with E-state index in [0.717, 1.165) is 27.3 Å². The van der Waals surface area contributed by atoms with E-state index in [2.05, 4.69) is 16.6 Å². The second kappa shape index (κ2) is 8.69. The third-order valence-electron chi connectivity index (χ3n) is 4.32. The summed E-state index contributed by atoms with van der Waals surface area (Å²) in [5.74, 6) is -0.584. The summed E-state index contributed by atoms with van der Waals surface area (Å²) in [6.45, 7) is 2.15. The number of nitriles is 1. The number of thiocyanates is 1. The Labute approximate surface area is 165 Å². The summed E-state index contributed by atoms with van der Waals surface area (Å²) < 4.78 is 28.7. The molecule has 138 valence electrons. The number of nitrogens with zero attached hydrogens (tertiary/aromatic N) is 4. The Bertz CT molecular complexity index is 894. The summed E-state index contributed by atoms with van der Waals surface area (Å²) >= 11 is 2.59. The van der Waals surface area contributed by atoms with Gasteiger partial charge in [-0.3, -0.25) is 0 Å². The molecule has 1 heterocycles. The highest BCUT2D eigenvalue weighted by Gasteiger charge is 2.34. The van der Waals surface area contributed by atoms with Crippen LogP contribution in [0.25, 0.3) is 0 Å². The lowest BCUT2D eigenvalue weighted by Crippen LogP contribution is -2.59. The zero-order chi connectivity index (χ0) is 19.3. The van der Waals surface area contributed by atoms with E-state index in [-0.39, 0.29) is 11.6 Å². The minimum atomic E-state index is -2.39. The molecule has 0 atom stereocenters. The van der Waals surface area contributed by atoms with Gasteiger partial charge in [-0.15, -0.1) is 0 Å². The third-order valence-corrected chi connectivity index (χ3v) is 10.1. The molecule has 0 saturated heterocycles. The molecule has 9 heteroatoms. The Morgan fingerprint density at radius 1 is 1.04 bits per heavy atom. The van der Waals surface area contributed by atoms with Gasteiger partial charge < -0.3 is 0 Å². The van der Waals surface area contributed by atoms with Crippen molar-refractivity contribution >= 4 is 42.0 Å². The van der Waals surface area contributed by atoms with Crippen LogP contribution in [0, 0.1) is 22.3 Å². The van der Waals surface area contributed by atoms with Crippen LogP contribution in [0.5, 0.6) is 0 Å². The first-order valence-corrected chi connectivity index (χ1v) is 12.7. The fraction of sp³-hybridized carbons (Fsp3) is 0.167. The first-order valence-electron chi connectivity index (χ1n) is 8.06. The van der Waals surface area contributed by atoms with Crippen molar-refractivity contribution in [2.24, 2.45) is 0 Å². The molecule has 0 spiro atoms. The summed E-state index contributed by atoms with van der Waals surface area (Å²) in [5.41, 5.74) is 0. The fourth-order valence-corrected chi connectivity index (χ4v) is 7.57. The summed E-state index contributed by atoms with van der Waals surface area (Å²) in [5, 5.41) is 18.4. The summed E-state index contributed by atoms with van der Waals surface area (Å²) in [6, 6.07) is 13.0. The zero-order valence-electron chi connectivity index (χ0n) is 14.5. The van der Waals surface area contributed by atoms with Gasteiger partial charge in [-0.1, -0.05) is 52.9 Å². The first kappa shape index (κ1) is 19.6. The van der Waals surface area contributed by atoms with E-state index in [1.165, 1.54) is 42.4 Å². The Morgan fingerprint density at radius 2 is 1.59 bits per heavy atom. The highest BCUT2D eigenvalue weighted by atomic mass is 32.2. The van der Waals surface area contributed by atoms with E-state index in [1.807, 2.05) is 10.1 Å². The smallest absolute Gasteiger partial charge is 0.186 e. The Morgan fingerprint density at radius 3 is 2.11 bits per heavy atom. The largest absolute Gasteiger partial charge is 0.243 e. The third kappa shape index (κ3) is 4.58. The van der Waals surface area contributed by atoms with Gasteiger partial charge in [0.25, 0.3) is 0 Å². The molecule has 0 N–H and O–H groups in total. The summed E-state index contributed by atoms with van der Waals surface area (Å²) in [4.78, 5) is 4.28. The molecule has 0 unspecified atom stereocenters. The van der Waals surface area contributed by atoms with E-state index in [4.69, 9.17) is 5.26 Å². The molecule has 0 aliphatic carbocycles. The molecule has 2 aromatic carbocycles. The molecule has 0 bridgehead atoms. The van der Waals surface area contributed by atoms with Gasteiger partial charge in [-0.2, -0.15) is 10.4 Å². The van der Waals surface area contributed by atoms with E-state index >= 15 is 0 Å². The van der Waals surface area contributed by atoms with Crippen LogP contribution in [0.1, 0.15) is 0 Å². The molecule has 3 rings (SSSR count). The van der Waals surface area contributed by atoms with Crippen LogP contribution in [0.3, 0.4) is 0 Å². The van der Waals surface area contributed by atoms with Crippen molar-refractivity contribution in [1.29, 1.82) is 5.26 Å². The lowest BCUT2D eigenvalue weighted by molar-refractivity contribution is 0.628. The molecular weight excluding hydrogens is 402 g/mol. The molecular formula is C18H16F2N4S2Si. The molecule has 0 aliphatic heterocycles. The normalized spacial score (nSPS) is 11.3. The molecule has 3 aromatic rings. The van der Waals surface area contributed by atoms with Gasteiger partial charge in [0, 0.05) is 6.17 Å². The minimum Gasteiger partial charge on any atom is -0.243 e. The number of hydrogen-bond donors (Lipinski definition) is 0. The molecule has 0 aliphatic rings. The van der Waals surface area contributed by atoms with Crippen LogP contribution < -0.4 is 10.4 Å². The van der Waals surface area contributed by atoms with E-state index in [1.54, 1.807) is 24.3 Å². The Kier molecular flexibility index (Phi) is 6.31. The lowest BCUT2D eigenvalue weighted by Gasteiger charge is -2.29. The van der Waals surface area contributed by atoms with Gasteiger partial charge in [-0.25, -0.2) is 18.4 Å². The van der Waals surface area contributed by atoms with Gasteiger partial charge in [0.05, 0.1) is 5.08 Å². The van der Waals surface area contributed by atoms with Crippen molar-refractivity contribution in [3.05, 3.63) is 66.5 Å². The standard InChI is InChI=1S/C18H16F2N4S2Si/c1-27(16-6-2-14(19)3-7-16,17-8-4-15(20)5-9-17)12-24-18(22-11-23-24)26-13-25-10-21/h2-9,11H,12-13H2,1H3. The maximum Gasteiger partial charge on any atom is 0.186 e. The second-order valence-corrected chi connectivity index (χ2v) is 12.2. The van der Waals surface area contributed by atoms with Crippen LogP contribution in [-0.2, 0) is 6.17 Å². The van der Waals surface area contributed by atoms with Crippen molar-refractivity contribution in [2.45, 2.75) is 17.9 Å². The molecule has 0 fully saturated rings. The van der Waals surface area contributed by atoms with Gasteiger partial charge >= 0.3 is 0 Å². The van der Waals surface area contributed by atoms with Gasteiger partial charge in [0.15, 0.2) is 5.16 Å². The highest BCUT2D eigenvalue weighted by molar-refractivity contribution is 8.18. The number of hydrogen-bond acceptors (Lipinski definition) is 5. The molecule has 27 heavy (non-hydrogen) atoms. The van der Waals surface area contributed by atoms with Gasteiger partial charge in [0.1, 0.15) is 31.4 Å². The van der Waals surface area contributed by atoms with Crippen molar-refractivity contribution in [2.75, 3.05) is 5.08 Å². The number of benzene rings is 2. The number of halogens is 2. The van der Waals surface area contributed by atoms with Gasteiger partial charge in [-0.05, 0) is 36.0 Å². The quantitative estimate of drug-likeness (QED) is 0.194. The molecule has 0 radical (unpaired) electrons. The SMILES string of the molecule is C[Si](Cn1ncnc1SCSC#N)(c1ccc(F)cc1)c1ccc(F)cc1. The van der Waals surface area contributed by atoms with Crippen molar-refractivity contribution < 1.29 is 8.78 Å². The monoisotopic (exact) mass is 418 g/mol. The maximum atomic E-state index is 13.5. The first-order chi connectivity index (χ1) is 13.0. The van der Waals surface area contributed by atoms with Crippen molar-refractivity contribution in [3.8, 4) is 5.40 Å². The number of rotatable bonds is 7. The highest BCUT2D eigenvalue weighted by Crippen LogP contribution is 2.21. The maximum absolute atomic E-state index is 13.5. The van der Waals surface area contributed by atoms with E-state index in [9.17, 15) is 8.78 Å². The van der Waals surface area contributed by atoms with Crippen LogP contribution in [0.2, 0.25) is 6.55 Å². The molecule has 1 aromatic heterocycles. The summed E-state index contributed by atoms with van der Waals surface area (Å²) in [7, 11) is -2.39. The Balaban J connectivity index is 1.98. The predicted octanol–water partition coefficient (Wildman–Crippen LogP) is 3.25. The number of thioether (sulfide) groups is 2. The van der Waals surface area contributed by atoms with Crippen LogP contribution in [0.4, 0.5) is 8.78 Å². The molecule has 0 saturated carbocycles. The average Bonchev–Trinajstić information content (AvgIpc) is 3.09. The van der Waals surface area contributed by atoms with Crippen LogP contribution in [-0.4, -0.2) is 27.9 Å². The minimum absolute atomic E-state index is 0.292. The van der Waals surface area contributed by atoms with E-state index < -0.39 is 8.07 Å². The van der Waals surface area contributed by atoms with Gasteiger partial charge in [0.2, 0.25) is 0 Å². The summed E-state index contributed by atoms with van der Waals surface area (Å²) in [6.07, 6.45) is 2.06. The van der Waals surface area contributed by atoms with Crippen LogP contribution >= 0.6 is 23.5 Å². The molecule has 4 nitrogen and oxygen atoms in total. The fourth-order valence-electron chi connectivity index (χ4n) is 2.87. The van der Waals surface area contributed by atoms with Crippen molar-refractivity contribution in [1.82, 2.24) is 14.8 Å². The average molecular weight is 419 g/mol. The number of aromatic nitrogens is 3. The zero-order valence-corrected chi connectivity index (χ0v) is 17.1. The van der Waals surface area contributed by atoms with Crippen molar-refractivity contribution in [3.63, 3.8) is 0 Å². The molecule has 0 amide bonds. The van der Waals surface area contributed by atoms with Crippen LogP contribution in [0.15, 0.2) is 60.0 Å². The second-order valence-electron chi connectivity index (χ2n) is 6.04. The lowest BCUT2D eigenvalue weighted by atomic mass is 10.3. The topological polar surface area (TPSA) is 54.5 Å².